The van der Waals surface area contributed by atoms with Gasteiger partial charge in [0, 0.05) is 24.2 Å². The molecule has 0 unspecified atom stereocenters. The van der Waals surface area contributed by atoms with Gasteiger partial charge in [-0.05, 0) is 67.3 Å². The molecule has 0 bridgehead atoms. The number of benzene rings is 4. The second-order valence-corrected chi connectivity index (χ2v) is 11.6. The molecule has 0 radical (unpaired) electrons. The first kappa shape index (κ1) is 31.1. The predicted molar refractivity (Wildman–Crippen MR) is 164 cm³/mol. The fraction of sp³-hybridized carbons (Fsp3) is 0.212. The summed E-state index contributed by atoms with van der Waals surface area (Å²) in [4.78, 5) is 27.0. The van der Waals surface area contributed by atoms with Gasteiger partial charge in [0.15, 0.2) is 0 Å². The molecule has 0 fully saturated rings. The molecule has 0 heterocycles. The van der Waals surface area contributed by atoms with E-state index >= 15 is 0 Å². The molecular weight excluding hydrogens is 568 g/mol. The van der Waals surface area contributed by atoms with Crippen LogP contribution < -0.4 is 14.2 Å². The predicted octanol–water partition coefficient (Wildman–Crippen LogP) is 5.79. The molecule has 0 aliphatic rings. The van der Waals surface area contributed by atoms with Crippen LogP contribution in [0.5, 0.6) is 11.5 Å². The zero-order chi connectivity index (χ0) is 31.0. The number of carbonyl (C=O) groups is 2. The summed E-state index contributed by atoms with van der Waals surface area (Å²) in [5.41, 5.74) is 2.91. The highest BCUT2D eigenvalue weighted by atomic mass is 32.2. The summed E-state index contributed by atoms with van der Waals surface area (Å²) >= 11 is 0. The number of aromatic carboxylic acids is 1. The van der Waals surface area contributed by atoms with Crippen molar-refractivity contribution in [2.24, 2.45) is 0 Å². The van der Waals surface area contributed by atoms with E-state index in [9.17, 15) is 23.1 Å². The number of carboxylic acid groups (broad SMARTS) is 1. The lowest BCUT2D eigenvalue weighted by Crippen LogP contribution is -2.32. The number of sulfonamides is 1. The molecule has 4 rings (SSSR count). The zero-order valence-electron chi connectivity index (χ0n) is 24.2. The zero-order valence-corrected chi connectivity index (χ0v) is 25.1. The molecule has 1 amide bonds. The number of amides is 1. The van der Waals surface area contributed by atoms with Gasteiger partial charge in [0.2, 0.25) is 0 Å². The molecule has 2 N–H and O–H groups in total. The maximum Gasteiger partial charge on any atom is 0.337 e. The third-order valence-corrected chi connectivity index (χ3v) is 8.41. The molecule has 0 atom stereocenters. The number of nitrogens with one attached hydrogen (secondary N) is 1. The van der Waals surface area contributed by atoms with E-state index in [1.807, 2.05) is 37.3 Å². The fourth-order valence-electron chi connectivity index (χ4n) is 4.72. The van der Waals surface area contributed by atoms with Gasteiger partial charge < -0.3 is 19.5 Å². The quantitative estimate of drug-likeness (QED) is 0.199. The van der Waals surface area contributed by atoms with Gasteiger partial charge in [-0.25, -0.2) is 13.2 Å². The molecule has 4 aromatic carbocycles. The number of rotatable bonds is 13. The summed E-state index contributed by atoms with van der Waals surface area (Å²) in [5.74, 6) is -0.375. The van der Waals surface area contributed by atoms with E-state index in [2.05, 4.69) is 4.72 Å². The first-order valence-corrected chi connectivity index (χ1v) is 15.1. The Hall–Kier alpha value is -4.83. The van der Waals surface area contributed by atoms with E-state index in [-0.39, 0.29) is 28.6 Å². The lowest BCUT2D eigenvalue weighted by Gasteiger charge is -2.24. The number of ether oxygens (including phenoxy) is 2. The topological polar surface area (TPSA) is 122 Å². The van der Waals surface area contributed by atoms with Crippen molar-refractivity contribution in [3.8, 4) is 11.5 Å². The number of anilines is 1. The molecule has 9 nitrogen and oxygen atoms in total. The van der Waals surface area contributed by atoms with Crippen molar-refractivity contribution in [2.75, 3.05) is 25.5 Å². The third-order valence-electron chi connectivity index (χ3n) is 7.03. The van der Waals surface area contributed by atoms with Crippen LogP contribution in [0.2, 0.25) is 0 Å². The monoisotopic (exact) mass is 602 g/mol. The van der Waals surface area contributed by atoms with Gasteiger partial charge in [-0.15, -0.1) is 0 Å². The average molecular weight is 603 g/mol. The number of hydrogen-bond donors (Lipinski definition) is 2. The Morgan fingerprint density at radius 3 is 2.05 bits per heavy atom. The Labute approximate surface area is 251 Å². The van der Waals surface area contributed by atoms with Gasteiger partial charge >= 0.3 is 5.97 Å². The molecule has 224 valence electrons. The van der Waals surface area contributed by atoms with E-state index in [1.165, 1.54) is 35.9 Å². The van der Waals surface area contributed by atoms with Crippen molar-refractivity contribution >= 4 is 27.6 Å². The molecule has 10 heteroatoms. The van der Waals surface area contributed by atoms with Crippen molar-refractivity contribution in [3.05, 3.63) is 119 Å². The summed E-state index contributed by atoms with van der Waals surface area (Å²) in [5, 5.41) is 9.40. The second kappa shape index (κ2) is 13.9. The van der Waals surface area contributed by atoms with E-state index in [0.717, 1.165) is 24.0 Å². The Bertz CT molecular complexity index is 1660. The van der Waals surface area contributed by atoms with Crippen LogP contribution in [0, 0.1) is 6.92 Å². The molecule has 0 aromatic heterocycles. The SMILES string of the molecule is COc1cc(C(=O)N(CCCc2ccccc2)Cc2ccc(S(=O)(=O)Nc3ccccc3C(=O)O)cc2)cc(OC)c1C. The molecule has 43 heavy (non-hydrogen) atoms. The molecular formula is C33H34N2O7S. The second-order valence-electron chi connectivity index (χ2n) is 9.92. The molecule has 0 aliphatic carbocycles. The van der Waals surface area contributed by atoms with Crippen LogP contribution in [-0.2, 0) is 23.0 Å². The molecule has 0 saturated heterocycles. The number of methoxy groups -OCH3 is 2. The number of carboxylic acids is 1. The van der Waals surface area contributed by atoms with Crippen LogP contribution >= 0.6 is 0 Å². The van der Waals surface area contributed by atoms with Gasteiger partial charge in [0.1, 0.15) is 11.5 Å². The Balaban J connectivity index is 1.57. The standard InChI is InChI=1S/C33H34N2O7S/c1-23-30(41-2)20-26(21-31(23)42-3)32(36)35(19-9-12-24-10-5-4-6-11-24)22-25-15-17-27(18-16-25)43(39,40)34-29-14-8-7-13-28(29)33(37)38/h4-8,10-11,13-18,20-21,34H,9,12,19,22H2,1-3H3,(H,37,38). The molecule has 0 aliphatic heterocycles. The third kappa shape index (κ3) is 7.72. The van der Waals surface area contributed by atoms with Crippen LogP contribution in [0.3, 0.4) is 0 Å². The van der Waals surface area contributed by atoms with Crippen molar-refractivity contribution in [1.82, 2.24) is 4.90 Å². The maximum atomic E-state index is 13.8. The minimum atomic E-state index is -4.06. The van der Waals surface area contributed by atoms with Crippen LogP contribution in [0.15, 0.2) is 95.9 Å². The summed E-state index contributed by atoms with van der Waals surface area (Å²) in [6.45, 7) is 2.55. The van der Waals surface area contributed by atoms with E-state index < -0.39 is 16.0 Å². The number of nitrogens with zero attached hydrogens (tertiary/aromatic N) is 1. The van der Waals surface area contributed by atoms with E-state index in [0.29, 0.717) is 23.6 Å². The smallest absolute Gasteiger partial charge is 0.337 e. The highest BCUT2D eigenvalue weighted by Crippen LogP contribution is 2.30. The number of hydrogen-bond acceptors (Lipinski definition) is 6. The van der Waals surface area contributed by atoms with Crippen LogP contribution in [0.4, 0.5) is 5.69 Å². The van der Waals surface area contributed by atoms with Gasteiger partial charge in [-0.3, -0.25) is 9.52 Å². The van der Waals surface area contributed by atoms with Crippen molar-refractivity contribution in [1.29, 1.82) is 0 Å². The van der Waals surface area contributed by atoms with Gasteiger partial charge in [-0.1, -0.05) is 54.6 Å². The van der Waals surface area contributed by atoms with Gasteiger partial charge in [-0.2, -0.15) is 0 Å². The highest BCUT2D eigenvalue weighted by molar-refractivity contribution is 7.92. The van der Waals surface area contributed by atoms with Gasteiger partial charge in [0.25, 0.3) is 15.9 Å². The number of carbonyl (C=O) groups excluding carboxylic acids is 1. The van der Waals surface area contributed by atoms with Gasteiger partial charge in [0.05, 0.1) is 30.4 Å². The van der Waals surface area contributed by atoms with Crippen LogP contribution in [0.1, 0.15) is 43.8 Å². The maximum absolute atomic E-state index is 13.8. The normalized spacial score (nSPS) is 11.0. The first-order valence-electron chi connectivity index (χ1n) is 13.6. The number of para-hydroxylation sites is 1. The van der Waals surface area contributed by atoms with Crippen LogP contribution in [-0.4, -0.2) is 51.1 Å². The lowest BCUT2D eigenvalue weighted by molar-refractivity contribution is 0.0696. The Kier molecular flexibility index (Phi) is 10.0. The number of aryl methyl sites for hydroxylation is 1. The minimum absolute atomic E-state index is 0.0294. The molecule has 0 saturated carbocycles. The van der Waals surface area contributed by atoms with Crippen molar-refractivity contribution in [2.45, 2.75) is 31.2 Å². The average Bonchev–Trinajstić information content (AvgIpc) is 3.01. The Morgan fingerprint density at radius 2 is 1.44 bits per heavy atom. The largest absolute Gasteiger partial charge is 0.496 e. The highest BCUT2D eigenvalue weighted by Gasteiger charge is 2.21. The summed E-state index contributed by atoms with van der Waals surface area (Å²) in [6, 6.07) is 25.4. The Morgan fingerprint density at radius 1 is 0.837 bits per heavy atom. The first-order chi connectivity index (χ1) is 20.6. The summed E-state index contributed by atoms with van der Waals surface area (Å²) in [6.07, 6.45) is 1.50. The van der Waals surface area contributed by atoms with Crippen LogP contribution in [0.25, 0.3) is 0 Å². The molecule has 0 spiro atoms. The summed E-state index contributed by atoms with van der Waals surface area (Å²) in [7, 11) is -0.980. The van der Waals surface area contributed by atoms with E-state index in [4.69, 9.17) is 9.47 Å². The van der Waals surface area contributed by atoms with E-state index in [1.54, 1.807) is 49.5 Å². The summed E-state index contributed by atoms with van der Waals surface area (Å²) < 4.78 is 39.4. The lowest BCUT2D eigenvalue weighted by atomic mass is 10.1. The van der Waals surface area contributed by atoms with Crippen molar-refractivity contribution in [3.63, 3.8) is 0 Å². The molecule has 4 aromatic rings. The van der Waals surface area contributed by atoms with Crippen molar-refractivity contribution < 1.29 is 32.6 Å². The fourth-order valence-corrected chi connectivity index (χ4v) is 5.80. The minimum Gasteiger partial charge on any atom is -0.496 e.